The molecule has 0 saturated heterocycles. The predicted octanol–water partition coefficient (Wildman–Crippen LogP) is 3.56. The topological polar surface area (TPSA) is 85.1 Å². The Kier molecular flexibility index (Phi) is 5.12. The minimum Gasteiger partial charge on any atom is -0.308 e. The van der Waals surface area contributed by atoms with Crippen molar-refractivity contribution in [2.45, 2.75) is 31.2 Å². The molecule has 1 amide bonds. The molecule has 10 heteroatoms. The SMILES string of the molecule is Cc1cc(C)n2c(S[C@H](C)C(=O)Nc3ncc(Cl)cc3Cl)nnc2n1. The first-order valence-electron chi connectivity index (χ1n) is 7.33. The largest absolute Gasteiger partial charge is 0.308 e. The quantitative estimate of drug-likeness (QED) is 0.678. The smallest absolute Gasteiger partial charge is 0.256 e. The van der Waals surface area contributed by atoms with Gasteiger partial charge in [0.05, 0.1) is 15.3 Å². The maximum atomic E-state index is 12.4. The summed E-state index contributed by atoms with van der Waals surface area (Å²) in [6.07, 6.45) is 1.42. The summed E-state index contributed by atoms with van der Waals surface area (Å²) in [6, 6.07) is 3.45. The van der Waals surface area contributed by atoms with Crippen LogP contribution in [0.25, 0.3) is 5.78 Å². The molecule has 3 heterocycles. The first-order chi connectivity index (χ1) is 11.8. The van der Waals surface area contributed by atoms with Crippen LogP contribution < -0.4 is 5.32 Å². The van der Waals surface area contributed by atoms with Crippen molar-refractivity contribution in [1.29, 1.82) is 0 Å². The lowest BCUT2D eigenvalue weighted by Crippen LogP contribution is -2.23. The maximum Gasteiger partial charge on any atom is 0.256 e. The van der Waals surface area contributed by atoms with Crippen molar-refractivity contribution in [3.05, 3.63) is 39.8 Å². The zero-order chi connectivity index (χ0) is 18.1. The Bertz CT molecular complexity index is 961. The molecule has 3 aromatic rings. The van der Waals surface area contributed by atoms with Crippen LogP contribution in [0, 0.1) is 13.8 Å². The lowest BCUT2D eigenvalue weighted by Gasteiger charge is -2.12. The fraction of sp³-hybridized carbons (Fsp3) is 0.267. The van der Waals surface area contributed by atoms with Crippen LogP contribution in [0.1, 0.15) is 18.3 Å². The molecule has 0 bridgehead atoms. The van der Waals surface area contributed by atoms with E-state index >= 15 is 0 Å². The first-order valence-corrected chi connectivity index (χ1v) is 8.96. The van der Waals surface area contributed by atoms with E-state index in [9.17, 15) is 4.79 Å². The van der Waals surface area contributed by atoms with Gasteiger partial charge in [-0.1, -0.05) is 35.0 Å². The second-order valence-corrected chi connectivity index (χ2v) is 7.54. The molecule has 25 heavy (non-hydrogen) atoms. The van der Waals surface area contributed by atoms with Crippen molar-refractivity contribution in [3.63, 3.8) is 0 Å². The molecule has 0 aliphatic carbocycles. The number of aryl methyl sites for hydroxylation is 2. The van der Waals surface area contributed by atoms with Crippen LogP contribution in [0.15, 0.2) is 23.5 Å². The lowest BCUT2D eigenvalue weighted by atomic mass is 10.3. The van der Waals surface area contributed by atoms with Gasteiger partial charge in [-0.3, -0.25) is 9.20 Å². The lowest BCUT2D eigenvalue weighted by molar-refractivity contribution is -0.115. The van der Waals surface area contributed by atoms with Crippen molar-refractivity contribution in [2.75, 3.05) is 5.32 Å². The highest BCUT2D eigenvalue weighted by Crippen LogP contribution is 2.26. The zero-order valence-corrected chi connectivity index (χ0v) is 15.9. The number of aromatic nitrogens is 5. The van der Waals surface area contributed by atoms with Crippen LogP contribution in [0.3, 0.4) is 0 Å². The van der Waals surface area contributed by atoms with Crippen molar-refractivity contribution >= 4 is 52.5 Å². The van der Waals surface area contributed by atoms with Gasteiger partial charge in [-0.25, -0.2) is 9.97 Å². The summed E-state index contributed by atoms with van der Waals surface area (Å²) in [7, 11) is 0. The van der Waals surface area contributed by atoms with E-state index in [0.717, 1.165) is 11.4 Å². The summed E-state index contributed by atoms with van der Waals surface area (Å²) in [4.78, 5) is 20.8. The summed E-state index contributed by atoms with van der Waals surface area (Å²) in [5.41, 5.74) is 1.81. The summed E-state index contributed by atoms with van der Waals surface area (Å²) >= 11 is 13.1. The number of nitrogens with zero attached hydrogens (tertiary/aromatic N) is 5. The van der Waals surface area contributed by atoms with Crippen LogP contribution in [-0.4, -0.2) is 35.7 Å². The highest BCUT2D eigenvalue weighted by atomic mass is 35.5. The van der Waals surface area contributed by atoms with E-state index in [1.807, 2.05) is 24.3 Å². The van der Waals surface area contributed by atoms with Gasteiger partial charge in [-0.15, -0.1) is 10.2 Å². The summed E-state index contributed by atoms with van der Waals surface area (Å²) in [5.74, 6) is 0.523. The number of anilines is 1. The van der Waals surface area contributed by atoms with Crippen LogP contribution in [0.4, 0.5) is 5.82 Å². The molecule has 7 nitrogen and oxygen atoms in total. The molecule has 0 aliphatic rings. The molecule has 0 spiro atoms. The van der Waals surface area contributed by atoms with Crippen LogP contribution in [0.2, 0.25) is 10.0 Å². The van der Waals surface area contributed by atoms with Gasteiger partial charge in [-0.05, 0) is 32.9 Å². The third-order valence-corrected chi connectivity index (χ3v) is 4.90. The maximum absolute atomic E-state index is 12.4. The second-order valence-electron chi connectivity index (χ2n) is 5.39. The van der Waals surface area contributed by atoms with Crippen LogP contribution in [0.5, 0.6) is 0 Å². The van der Waals surface area contributed by atoms with Crippen molar-refractivity contribution in [2.24, 2.45) is 0 Å². The minimum atomic E-state index is -0.443. The van der Waals surface area contributed by atoms with Gasteiger partial charge in [-0.2, -0.15) is 0 Å². The van der Waals surface area contributed by atoms with Crippen molar-refractivity contribution < 1.29 is 4.79 Å². The number of rotatable bonds is 4. The summed E-state index contributed by atoms with van der Waals surface area (Å²) in [5, 5.41) is 11.7. The van der Waals surface area contributed by atoms with Crippen molar-refractivity contribution in [1.82, 2.24) is 24.6 Å². The van der Waals surface area contributed by atoms with E-state index in [1.165, 1.54) is 24.0 Å². The third kappa shape index (κ3) is 3.86. The number of fused-ring (bicyclic) bond motifs is 1. The molecule has 1 N–H and O–H groups in total. The summed E-state index contributed by atoms with van der Waals surface area (Å²) < 4.78 is 1.81. The number of nitrogens with one attached hydrogen (secondary N) is 1. The van der Waals surface area contributed by atoms with E-state index in [0.29, 0.717) is 16.0 Å². The van der Waals surface area contributed by atoms with E-state index in [-0.39, 0.29) is 16.7 Å². The van der Waals surface area contributed by atoms with Gasteiger partial charge in [0.1, 0.15) is 0 Å². The van der Waals surface area contributed by atoms with Gasteiger partial charge < -0.3 is 5.32 Å². The molecule has 0 unspecified atom stereocenters. The molecule has 0 aliphatic heterocycles. The van der Waals surface area contributed by atoms with E-state index in [4.69, 9.17) is 23.2 Å². The Hall–Kier alpha value is -1.90. The Morgan fingerprint density at radius 1 is 1.28 bits per heavy atom. The fourth-order valence-corrected chi connectivity index (χ4v) is 3.54. The molecule has 1 atom stereocenters. The van der Waals surface area contributed by atoms with Gasteiger partial charge in [0.25, 0.3) is 5.78 Å². The molecule has 0 fully saturated rings. The Labute approximate surface area is 158 Å². The van der Waals surface area contributed by atoms with Gasteiger partial charge in [0, 0.05) is 17.6 Å². The first kappa shape index (κ1) is 17.9. The van der Waals surface area contributed by atoms with Crippen LogP contribution in [-0.2, 0) is 4.79 Å². The molecule has 0 saturated carbocycles. The zero-order valence-electron chi connectivity index (χ0n) is 13.6. The monoisotopic (exact) mass is 396 g/mol. The normalized spacial score (nSPS) is 12.4. The minimum absolute atomic E-state index is 0.254. The van der Waals surface area contributed by atoms with Gasteiger partial charge in [0.2, 0.25) is 5.91 Å². The molecular formula is C15H14Cl2N6OS. The average Bonchev–Trinajstić information content (AvgIpc) is 2.92. The highest BCUT2D eigenvalue weighted by Gasteiger charge is 2.20. The Morgan fingerprint density at radius 3 is 2.76 bits per heavy atom. The molecular weight excluding hydrogens is 383 g/mol. The Morgan fingerprint density at radius 2 is 2.04 bits per heavy atom. The van der Waals surface area contributed by atoms with Crippen molar-refractivity contribution in [3.8, 4) is 0 Å². The van der Waals surface area contributed by atoms with E-state index < -0.39 is 5.25 Å². The second kappa shape index (κ2) is 7.15. The number of carbonyl (C=O) groups excluding carboxylic acids is 1. The van der Waals surface area contributed by atoms with E-state index in [2.05, 4.69) is 25.5 Å². The third-order valence-electron chi connectivity index (χ3n) is 3.36. The fourth-order valence-electron chi connectivity index (χ4n) is 2.21. The standard InChI is InChI=1S/C15H14Cl2N6OS/c1-7-4-8(2)23-14(19-7)21-22-15(23)25-9(3)13(24)20-12-11(17)5-10(16)6-18-12/h4-6,9H,1-3H3,(H,18,20,24)/t9-/m1/s1. The number of halogens is 2. The molecule has 0 aromatic carbocycles. The number of pyridine rings is 1. The Balaban J connectivity index is 1.78. The molecule has 3 aromatic heterocycles. The van der Waals surface area contributed by atoms with E-state index in [1.54, 1.807) is 6.92 Å². The molecule has 3 rings (SSSR count). The number of hydrogen-bond donors (Lipinski definition) is 1. The average molecular weight is 397 g/mol. The molecule has 130 valence electrons. The number of hydrogen-bond acceptors (Lipinski definition) is 6. The van der Waals surface area contributed by atoms with Crippen LogP contribution >= 0.6 is 35.0 Å². The van der Waals surface area contributed by atoms with Gasteiger partial charge in [0.15, 0.2) is 11.0 Å². The van der Waals surface area contributed by atoms with Gasteiger partial charge >= 0.3 is 0 Å². The molecule has 0 radical (unpaired) electrons. The predicted molar refractivity (Wildman–Crippen MR) is 98.5 cm³/mol. The highest BCUT2D eigenvalue weighted by molar-refractivity contribution is 8.00. The number of thioether (sulfide) groups is 1. The summed E-state index contributed by atoms with van der Waals surface area (Å²) in [6.45, 7) is 5.60. The number of amides is 1. The number of carbonyl (C=O) groups is 1.